The van der Waals surface area contributed by atoms with Crippen molar-refractivity contribution in [1.82, 2.24) is 0 Å². The van der Waals surface area contributed by atoms with Crippen LogP contribution in [0.3, 0.4) is 0 Å². The second kappa shape index (κ2) is 5.12. The van der Waals surface area contributed by atoms with Crippen LogP contribution < -0.4 is 5.73 Å². The molecule has 0 aromatic heterocycles. The molecule has 0 amide bonds. The predicted octanol–water partition coefficient (Wildman–Crippen LogP) is 2.56. The van der Waals surface area contributed by atoms with Gasteiger partial charge in [0.05, 0.1) is 5.56 Å². The molecule has 0 radical (unpaired) electrons. The van der Waals surface area contributed by atoms with E-state index in [0.29, 0.717) is 17.9 Å². The van der Waals surface area contributed by atoms with E-state index in [9.17, 15) is 4.79 Å². The maximum Gasteiger partial charge on any atom is 0.339 e. The maximum atomic E-state index is 11.7. The van der Waals surface area contributed by atoms with Gasteiger partial charge in [-0.15, -0.1) is 0 Å². The molecule has 0 saturated carbocycles. The molecular weight excluding hydrogens is 202 g/mol. The van der Waals surface area contributed by atoms with Crippen LogP contribution in [-0.2, 0) is 4.74 Å². The standard InChI is InChI=1S/C13H19NO2/c1-10(2)9-13(3,14)16-12(15)11-7-5-4-6-8-11/h4-8,10H,9,14H2,1-3H3. The fourth-order valence-electron chi connectivity index (χ4n) is 1.70. The molecule has 0 aliphatic carbocycles. The topological polar surface area (TPSA) is 52.3 Å². The second-order valence-electron chi connectivity index (χ2n) is 4.67. The third-order valence-electron chi connectivity index (χ3n) is 2.15. The van der Waals surface area contributed by atoms with Crippen molar-refractivity contribution in [3.8, 4) is 0 Å². The zero-order valence-corrected chi connectivity index (χ0v) is 10.1. The molecule has 2 N–H and O–H groups in total. The first-order valence-corrected chi connectivity index (χ1v) is 5.48. The molecule has 0 aliphatic rings. The predicted molar refractivity (Wildman–Crippen MR) is 63.9 cm³/mol. The van der Waals surface area contributed by atoms with Crippen molar-refractivity contribution in [2.24, 2.45) is 11.7 Å². The molecule has 88 valence electrons. The van der Waals surface area contributed by atoms with Gasteiger partial charge in [-0.3, -0.25) is 5.73 Å². The lowest BCUT2D eigenvalue weighted by Gasteiger charge is -2.26. The van der Waals surface area contributed by atoms with Gasteiger partial charge in [-0.25, -0.2) is 4.79 Å². The highest BCUT2D eigenvalue weighted by atomic mass is 16.6. The Bertz CT molecular complexity index is 344. The van der Waals surface area contributed by atoms with Gasteiger partial charge < -0.3 is 4.74 Å². The second-order valence-corrected chi connectivity index (χ2v) is 4.67. The SMILES string of the molecule is CC(C)CC(C)(N)OC(=O)c1ccccc1. The Balaban J connectivity index is 2.64. The summed E-state index contributed by atoms with van der Waals surface area (Å²) in [5.74, 6) is 0.0184. The van der Waals surface area contributed by atoms with Gasteiger partial charge in [0.25, 0.3) is 0 Å². The number of carbonyl (C=O) groups is 1. The molecule has 0 fully saturated rings. The van der Waals surface area contributed by atoms with E-state index in [1.807, 2.05) is 19.9 Å². The highest BCUT2D eigenvalue weighted by molar-refractivity contribution is 5.89. The molecule has 3 heteroatoms. The summed E-state index contributed by atoms with van der Waals surface area (Å²) in [4.78, 5) is 11.7. The summed E-state index contributed by atoms with van der Waals surface area (Å²) in [6.07, 6.45) is 0.644. The van der Waals surface area contributed by atoms with E-state index < -0.39 is 5.72 Å². The summed E-state index contributed by atoms with van der Waals surface area (Å²) in [7, 11) is 0. The minimum atomic E-state index is -0.902. The summed E-state index contributed by atoms with van der Waals surface area (Å²) in [5.41, 5.74) is 5.54. The third kappa shape index (κ3) is 4.03. The van der Waals surface area contributed by atoms with Crippen molar-refractivity contribution in [3.05, 3.63) is 35.9 Å². The zero-order chi connectivity index (χ0) is 12.2. The van der Waals surface area contributed by atoms with Gasteiger partial charge >= 0.3 is 5.97 Å². The van der Waals surface area contributed by atoms with E-state index in [1.165, 1.54) is 0 Å². The molecule has 0 heterocycles. The number of hydrogen-bond acceptors (Lipinski definition) is 3. The number of rotatable bonds is 4. The molecule has 3 nitrogen and oxygen atoms in total. The van der Waals surface area contributed by atoms with Crippen LogP contribution in [0, 0.1) is 5.92 Å². The first-order chi connectivity index (χ1) is 7.41. The van der Waals surface area contributed by atoms with Gasteiger partial charge in [0.2, 0.25) is 0 Å². The largest absolute Gasteiger partial charge is 0.441 e. The molecule has 1 rings (SSSR count). The summed E-state index contributed by atoms with van der Waals surface area (Å²) < 4.78 is 5.27. The first kappa shape index (κ1) is 12.7. The van der Waals surface area contributed by atoms with Crippen LogP contribution in [0.25, 0.3) is 0 Å². The van der Waals surface area contributed by atoms with Crippen LogP contribution in [0.15, 0.2) is 30.3 Å². The lowest BCUT2D eigenvalue weighted by Crippen LogP contribution is -2.42. The lowest BCUT2D eigenvalue weighted by molar-refractivity contribution is -0.0156. The van der Waals surface area contributed by atoms with Crippen molar-refractivity contribution in [3.63, 3.8) is 0 Å². The van der Waals surface area contributed by atoms with Gasteiger partial charge in [0.15, 0.2) is 5.72 Å². The minimum absolute atomic E-state index is 0.369. The van der Waals surface area contributed by atoms with E-state index >= 15 is 0 Å². The Labute approximate surface area is 96.6 Å². The number of ether oxygens (including phenoxy) is 1. The molecule has 1 unspecified atom stereocenters. The quantitative estimate of drug-likeness (QED) is 0.628. The maximum absolute atomic E-state index is 11.7. The average molecular weight is 221 g/mol. The van der Waals surface area contributed by atoms with Crippen LogP contribution in [0.5, 0.6) is 0 Å². The third-order valence-corrected chi connectivity index (χ3v) is 2.15. The van der Waals surface area contributed by atoms with E-state index in [2.05, 4.69) is 0 Å². The van der Waals surface area contributed by atoms with Crippen molar-refractivity contribution in [1.29, 1.82) is 0 Å². The smallest absolute Gasteiger partial charge is 0.339 e. The summed E-state index contributed by atoms with van der Waals surface area (Å²) >= 11 is 0. The van der Waals surface area contributed by atoms with Gasteiger partial charge in [0, 0.05) is 6.42 Å². The van der Waals surface area contributed by atoms with Crippen molar-refractivity contribution in [2.75, 3.05) is 0 Å². The van der Waals surface area contributed by atoms with Gasteiger partial charge in [-0.05, 0) is 25.0 Å². The van der Waals surface area contributed by atoms with E-state index in [-0.39, 0.29) is 5.97 Å². The summed E-state index contributed by atoms with van der Waals surface area (Å²) in [6, 6.07) is 8.88. The number of nitrogens with two attached hydrogens (primary N) is 1. The number of carbonyl (C=O) groups excluding carboxylic acids is 1. The monoisotopic (exact) mass is 221 g/mol. The van der Waals surface area contributed by atoms with Gasteiger partial charge in [-0.1, -0.05) is 32.0 Å². The normalized spacial score (nSPS) is 14.6. The Morgan fingerprint density at radius 1 is 1.38 bits per heavy atom. The molecule has 1 aromatic rings. The Kier molecular flexibility index (Phi) is 4.07. The molecule has 1 aromatic carbocycles. The summed E-state index contributed by atoms with van der Waals surface area (Å²) in [6.45, 7) is 5.82. The van der Waals surface area contributed by atoms with Crippen LogP contribution in [0.1, 0.15) is 37.6 Å². The number of esters is 1. The Morgan fingerprint density at radius 3 is 2.44 bits per heavy atom. The van der Waals surface area contributed by atoms with Crippen molar-refractivity contribution in [2.45, 2.75) is 32.9 Å². The van der Waals surface area contributed by atoms with Crippen LogP contribution in [0.4, 0.5) is 0 Å². The van der Waals surface area contributed by atoms with E-state index in [0.717, 1.165) is 0 Å². The fraction of sp³-hybridized carbons (Fsp3) is 0.462. The van der Waals surface area contributed by atoms with E-state index in [4.69, 9.17) is 10.5 Å². The number of hydrogen-bond donors (Lipinski definition) is 1. The van der Waals surface area contributed by atoms with Crippen molar-refractivity contribution >= 4 is 5.97 Å². The Hall–Kier alpha value is -1.35. The molecular formula is C13H19NO2. The molecule has 1 atom stereocenters. The summed E-state index contributed by atoms with van der Waals surface area (Å²) in [5, 5.41) is 0. The fourth-order valence-corrected chi connectivity index (χ4v) is 1.70. The molecule has 0 aliphatic heterocycles. The van der Waals surface area contributed by atoms with Gasteiger partial charge in [0.1, 0.15) is 0 Å². The van der Waals surface area contributed by atoms with E-state index in [1.54, 1.807) is 31.2 Å². The van der Waals surface area contributed by atoms with Crippen molar-refractivity contribution < 1.29 is 9.53 Å². The zero-order valence-electron chi connectivity index (χ0n) is 10.1. The lowest BCUT2D eigenvalue weighted by atomic mass is 10.0. The highest BCUT2D eigenvalue weighted by Gasteiger charge is 2.25. The minimum Gasteiger partial charge on any atom is -0.441 e. The van der Waals surface area contributed by atoms with Crippen LogP contribution in [-0.4, -0.2) is 11.7 Å². The average Bonchev–Trinajstić information content (AvgIpc) is 2.16. The van der Waals surface area contributed by atoms with Crippen LogP contribution in [0.2, 0.25) is 0 Å². The number of benzene rings is 1. The molecule has 0 bridgehead atoms. The van der Waals surface area contributed by atoms with Crippen LogP contribution >= 0.6 is 0 Å². The molecule has 16 heavy (non-hydrogen) atoms. The highest BCUT2D eigenvalue weighted by Crippen LogP contribution is 2.17. The molecule has 0 spiro atoms. The Morgan fingerprint density at radius 2 is 1.94 bits per heavy atom. The molecule has 0 saturated heterocycles. The van der Waals surface area contributed by atoms with Gasteiger partial charge in [-0.2, -0.15) is 0 Å². The first-order valence-electron chi connectivity index (χ1n) is 5.48.